The summed E-state index contributed by atoms with van der Waals surface area (Å²) in [4.78, 5) is 0. The van der Waals surface area contributed by atoms with Gasteiger partial charge in [0.1, 0.15) is 0 Å². The van der Waals surface area contributed by atoms with Gasteiger partial charge in [-0.25, -0.2) is 4.72 Å². The van der Waals surface area contributed by atoms with Crippen LogP contribution in [0.25, 0.3) is 0 Å². The third kappa shape index (κ3) is 1.45. The van der Waals surface area contributed by atoms with Gasteiger partial charge in [0.25, 0.3) is 0 Å². The molecule has 0 amide bonds. The number of thiol groups is 1. The molecule has 0 bridgehead atoms. The molecular formula is C8H10NS. The second-order valence-corrected chi connectivity index (χ2v) is 2.57. The molecule has 0 saturated heterocycles. The van der Waals surface area contributed by atoms with Crippen LogP contribution < -0.4 is 4.72 Å². The van der Waals surface area contributed by atoms with Crippen LogP contribution >= 0.6 is 12.8 Å². The van der Waals surface area contributed by atoms with Crippen LogP contribution in [-0.4, -0.2) is 0 Å². The molecule has 0 saturated carbocycles. The first kappa shape index (κ1) is 7.48. The van der Waals surface area contributed by atoms with Crippen molar-refractivity contribution in [3.63, 3.8) is 0 Å². The average Bonchev–Trinajstić information content (AvgIpc) is 1.95. The molecule has 0 unspecified atom stereocenters. The SMILES string of the molecule is Cc1ccc([N]S)cc1C. The summed E-state index contributed by atoms with van der Waals surface area (Å²) in [7, 11) is 0. The summed E-state index contributed by atoms with van der Waals surface area (Å²) in [6, 6.07) is 6.02. The van der Waals surface area contributed by atoms with Crippen LogP contribution in [0.15, 0.2) is 18.2 Å². The molecule has 1 radical (unpaired) electrons. The van der Waals surface area contributed by atoms with Gasteiger partial charge in [-0.1, -0.05) is 6.07 Å². The van der Waals surface area contributed by atoms with Crippen molar-refractivity contribution in [2.75, 3.05) is 0 Å². The number of rotatable bonds is 1. The van der Waals surface area contributed by atoms with Crippen molar-refractivity contribution in [3.8, 4) is 0 Å². The summed E-state index contributed by atoms with van der Waals surface area (Å²) in [5, 5.41) is 0. The van der Waals surface area contributed by atoms with Gasteiger partial charge in [-0.3, -0.25) is 0 Å². The Labute approximate surface area is 67.0 Å². The van der Waals surface area contributed by atoms with Crippen molar-refractivity contribution in [3.05, 3.63) is 29.3 Å². The zero-order valence-corrected chi connectivity index (χ0v) is 7.02. The average molecular weight is 152 g/mol. The largest absolute Gasteiger partial charge is 0.220 e. The second kappa shape index (κ2) is 2.97. The van der Waals surface area contributed by atoms with Crippen LogP contribution in [0.4, 0.5) is 5.69 Å². The molecule has 1 rings (SSSR count). The van der Waals surface area contributed by atoms with Crippen molar-refractivity contribution in [2.24, 2.45) is 0 Å². The number of hydrogen-bond donors (Lipinski definition) is 1. The summed E-state index contributed by atoms with van der Waals surface area (Å²) in [6.45, 7) is 4.15. The van der Waals surface area contributed by atoms with Gasteiger partial charge in [0.2, 0.25) is 0 Å². The molecule has 1 nitrogen and oxygen atoms in total. The van der Waals surface area contributed by atoms with Crippen LogP contribution in [-0.2, 0) is 0 Å². The topological polar surface area (TPSA) is 14.1 Å². The van der Waals surface area contributed by atoms with Crippen molar-refractivity contribution in [2.45, 2.75) is 13.8 Å². The number of hydrogen-bond acceptors (Lipinski definition) is 1. The van der Waals surface area contributed by atoms with Crippen molar-refractivity contribution < 1.29 is 0 Å². The lowest BCUT2D eigenvalue weighted by molar-refractivity contribution is 1.29. The molecule has 0 aromatic heterocycles. The van der Waals surface area contributed by atoms with Gasteiger partial charge >= 0.3 is 0 Å². The fourth-order valence-corrected chi connectivity index (χ4v) is 0.912. The normalized spacial score (nSPS) is 9.50. The smallest absolute Gasteiger partial charge is 0.0712 e. The van der Waals surface area contributed by atoms with Crippen LogP contribution in [0.5, 0.6) is 0 Å². The van der Waals surface area contributed by atoms with Gasteiger partial charge in [-0.2, -0.15) is 0 Å². The molecule has 0 fully saturated rings. The quantitative estimate of drug-likeness (QED) is 0.594. The van der Waals surface area contributed by atoms with Crippen molar-refractivity contribution >= 4 is 18.5 Å². The number of benzene rings is 1. The molecule has 10 heavy (non-hydrogen) atoms. The number of aryl methyl sites for hydroxylation is 2. The third-order valence-corrected chi connectivity index (χ3v) is 1.84. The van der Waals surface area contributed by atoms with Crippen molar-refractivity contribution in [1.82, 2.24) is 4.72 Å². The Morgan fingerprint density at radius 2 is 1.90 bits per heavy atom. The van der Waals surface area contributed by atoms with Gasteiger partial charge < -0.3 is 0 Å². The highest BCUT2D eigenvalue weighted by molar-refractivity contribution is 7.78. The van der Waals surface area contributed by atoms with E-state index in [4.69, 9.17) is 0 Å². The van der Waals surface area contributed by atoms with Crippen LogP contribution in [0.1, 0.15) is 11.1 Å². The first-order chi connectivity index (χ1) is 4.74. The van der Waals surface area contributed by atoms with Crippen LogP contribution in [0.3, 0.4) is 0 Å². The van der Waals surface area contributed by atoms with E-state index in [1.807, 2.05) is 18.2 Å². The Morgan fingerprint density at radius 1 is 1.20 bits per heavy atom. The molecule has 0 atom stereocenters. The molecule has 0 aliphatic heterocycles. The fourth-order valence-electron chi connectivity index (χ4n) is 0.788. The maximum Gasteiger partial charge on any atom is 0.0712 e. The molecule has 0 aliphatic rings. The van der Waals surface area contributed by atoms with E-state index in [0.29, 0.717) is 0 Å². The van der Waals surface area contributed by atoms with Gasteiger partial charge in [0.05, 0.1) is 5.69 Å². The first-order valence-corrected chi connectivity index (χ1v) is 3.56. The summed E-state index contributed by atoms with van der Waals surface area (Å²) in [6.07, 6.45) is 0. The van der Waals surface area contributed by atoms with E-state index in [-0.39, 0.29) is 0 Å². The molecule has 0 spiro atoms. The van der Waals surface area contributed by atoms with E-state index >= 15 is 0 Å². The predicted octanol–water partition coefficient (Wildman–Crippen LogP) is 2.38. The lowest BCUT2D eigenvalue weighted by atomic mass is 10.1. The first-order valence-electron chi connectivity index (χ1n) is 3.16. The Kier molecular flexibility index (Phi) is 2.22. The standard InChI is InChI=1S/C8H10NS/c1-6-3-4-8(9-10)5-7(6)2/h3-5,10H,1-2H3. The lowest BCUT2D eigenvalue weighted by Gasteiger charge is -2.00. The van der Waals surface area contributed by atoms with E-state index in [1.165, 1.54) is 11.1 Å². The fraction of sp³-hybridized carbons (Fsp3) is 0.250. The molecular weight excluding hydrogens is 142 g/mol. The molecule has 0 aliphatic carbocycles. The molecule has 0 N–H and O–H groups in total. The van der Waals surface area contributed by atoms with Crippen LogP contribution in [0.2, 0.25) is 0 Å². The van der Waals surface area contributed by atoms with Crippen molar-refractivity contribution in [1.29, 1.82) is 0 Å². The minimum atomic E-state index is 0.923. The molecule has 0 heterocycles. The highest BCUT2D eigenvalue weighted by Crippen LogP contribution is 2.14. The summed E-state index contributed by atoms with van der Waals surface area (Å²) in [5.74, 6) is 0. The molecule has 2 heteroatoms. The highest BCUT2D eigenvalue weighted by Gasteiger charge is 1.93. The zero-order chi connectivity index (χ0) is 7.56. The lowest BCUT2D eigenvalue weighted by Crippen LogP contribution is -1.83. The molecule has 53 valence electrons. The zero-order valence-electron chi connectivity index (χ0n) is 6.13. The van der Waals surface area contributed by atoms with Gasteiger partial charge in [0.15, 0.2) is 0 Å². The van der Waals surface area contributed by atoms with Gasteiger partial charge in [-0.15, -0.1) is 0 Å². The monoisotopic (exact) mass is 152 g/mol. The summed E-state index contributed by atoms with van der Waals surface area (Å²) >= 11 is 3.82. The number of nitrogens with zero attached hydrogens (tertiary/aromatic N) is 1. The molecule has 1 aromatic rings. The Bertz CT molecular complexity index is 233. The third-order valence-electron chi connectivity index (χ3n) is 1.61. The Morgan fingerprint density at radius 3 is 2.40 bits per heavy atom. The molecule has 1 aromatic carbocycles. The second-order valence-electron chi connectivity index (χ2n) is 2.37. The minimum absolute atomic E-state index is 0.923. The van der Waals surface area contributed by atoms with E-state index in [2.05, 4.69) is 31.4 Å². The van der Waals surface area contributed by atoms with E-state index < -0.39 is 0 Å². The maximum absolute atomic E-state index is 3.82. The summed E-state index contributed by atoms with van der Waals surface area (Å²) < 4.78 is 3.77. The van der Waals surface area contributed by atoms with E-state index in [0.717, 1.165) is 5.69 Å². The predicted molar refractivity (Wildman–Crippen MR) is 46.7 cm³/mol. The van der Waals surface area contributed by atoms with E-state index in [1.54, 1.807) is 0 Å². The summed E-state index contributed by atoms with van der Waals surface area (Å²) in [5.41, 5.74) is 3.47. The minimum Gasteiger partial charge on any atom is -0.220 e. The Hall–Kier alpha value is -0.630. The Balaban J connectivity index is 3.04. The highest BCUT2D eigenvalue weighted by atomic mass is 32.1. The van der Waals surface area contributed by atoms with E-state index in [9.17, 15) is 0 Å². The van der Waals surface area contributed by atoms with Gasteiger partial charge in [0, 0.05) is 0 Å². The maximum atomic E-state index is 3.82. The van der Waals surface area contributed by atoms with Crippen LogP contribution in [0, 0.1) is 13.8 Å². The van der Waals surface area contributed by atoms with Gasteiger partial charge in [-0.05, 0) is 49.9 Å².